The van der Waals surface area contributed by atoms with Gasteiger partial charge in [-0.05, 0) is 13.8 Å². The van der Waals surface area contributed by atoms with Gasteiger partial charge < -0.3 is 9.90 Å². The average Bonchev–Trinajstić information content (AvgIpc) is 2.03. The number of carbonyl (C=O) groups is 2. The zero-order valence-electron chi connectivity index (χ0n) is 10.8. The number of aliphatic carboxylic acids is 1. The molecule has 0 aromatic rings. The Balaban J connectivity index is -0.000000155. The molecule has 0 aliphatic carbocycles. The minimum atomic E-state index is -0.833. The van der Waals surface area contributed by atoms with Crippen LogP contribution in [0.2, 0.25) is 0 Å². The predicted octanol–water partition coefficient (Wildman–Crippen LogP) is 3.66. The fourth-order valence-electron chi connectivity index (χ4n) is 0.677. The zero-order valence-corrected chi connectivity index (χ0v) is 10.8. The number of ketones is 1. The van der Waals surface area contributed by atoms with Crippen molar-refractivity contribution in [2.24, 2.45) is 0 Å². The first-order chi connectivity index (χ1) is 6.88. The van der Waals surface area contributed by atoms with E-state index in [0.717, 1.165) is 6.92 Å². The van der Waals surface area contributed by atoms with Gasteiger partial charge in [0.05, 0.1) is 0 Å². The van der Waals surface area contributed by atoms with Gasteiger partial charge in [0, 0.05) is 6.92 Å². The Bertz CT molecular complexity index is 118. The van der Waals surface area contributed by atoms with Gasteiger partial charge in [0.15, 0.2) is 0 Å². The zero-order chi connectivity index (χ0) is 12.7. The summed E-state index contributed by atoms with van der Waals surface area (Å²) in [6, 6.07) is 0. The van der Waals surface area contributed by atoms with Gasteiger partial charge in [-0.25, -0.2) is 0 Å². The van der Waals surface area contributed by atoms with Gasteiger partial charge in [-0.3, -0.25) is 4.79 Å². The van der Waals surface area contributed by atoms with Crippen LogP contribution in [-0.4, -0.2) is 16.9 Å². The Hall–Kier alpha value is -0.860. The fourth-order valence-corrected chi connectivity index (χ4v) is 0.677. The van der Waals surface area contributed by atoms with E-state index in [1.54, 1.807) is 0 Å². The average molecular weight is 218 g/mol. The number of carboxylic acid groups (broad SMARTS) is 1. The van der Waals surface area contributed by atoms with Crippen molar-refractivity contribution in [3.63, 3.8) is 0 Å². The van der Waals surface area contributed by atoms with Crippen molar-refractivity contribution in [3.8, 4) is 0 Å². The lowest BCUT2D eigenvalue weighted by atomic mass is 10.2. The quantitative estimate of drug-likeness (QED) is 0.732. The lowest BCUT2D eigenvalue weighted by molar-refractivity contribution is -0.134. The molecule has 0 amide bonds. The lowest BCUT2D eigenvalue weighted by Gasteiger charge is -1.90. The number of rotatable bonds is 4. The summed E-state index contributed by atoms with van der Waals surface area (Å²) in [5.41, 5.74) is 0. The van der Waals surface area contributed by atoms with Crippen LogP contribution in [0.1, 0.15) is 66.7 Å². The second-order valence-corrected chi connectivity index (χ2v) is 3.49. The number of unbranched alkanes of at least 4 members (excludes halogenated alkanes) is 4. The summed E-state index contributed by atoms with van der Waals surface area (Å²) in [4.78, 5) is 18.4. The predicted molar refractivity (Wildman–Crippen MR) is 64.1 cm³/mol. The monoisotopic (exact) mass is 218 g/mol. The van der Waals surface area contributed by atoms with Crippen molar-refractivity contribution in [2.75, 3.05) is 0 Å². The van der Waals surface area contributed by atoms with Crippen LogP contribution in [0.15, 0.2) is 0 Å². The Kier molecular flexibility index (Phi) is 24.7. The first-order valence-electron chi connectivity index (χ1n) is 5.55. The van der Waals surface area contributed by atoms with E-state index in [0.29, 0.717) is 0 Å². The third-order valence-electron chi connectivity index (χ3n) is 1.21. The maximum absolute atomic E-state index is 9.44. The molecule has 0 radical (unpaired) electrons. The molecule has 0 bridgehead atoms. The molecule has 92 valence electrons. The van der Waals surface area contributed by atoms with E-state index in [4.69, 9.17) is 9.90 Å². The molecule has 3 nitrogen and oxygen atoms in total. The molecule has 0 heterocycles. The summed E-state index contributed by atoms with van der Waals surface area (Å²) in [5.74, 6) is -0.667. The Labute approximate surface area is 93.9 Å². The van der Waals surface area contributed by atoms with Crippen LogP contribution in [0.3, 0.4) is 0 Å². The van der Waals surface area contributed by atoms with E-state index in [2.05, 4.69) is 13.8 Å². The largest absolute Gasteiger partial charge is 0.481 e. The van der Waals surface area contributed by atoms with Crippen molar-refractivity contribution in [1.82, 2.24) is 0 Å². The number of hydrogen-bond donors (Lipinski definition) is 1. The highest BCUT2D eigenvalue weighted by atomic mass is 16.4. The lowest BCUT2D eigenvalue weighted by Crippen LogP contribution is -1.78. The van der Waals surface area contributed by atoms with Gasteiger partial charge in [0.2, 0.25) is 0 Å². The Morgan fingerprint density at radius 1 is 0.867 bits per heavy atom. The van der Waals surface area contributed by atoms with Gasteiger partial charge in [-0.2, -0.15) is 0 Å². The molecule has 0 saturated heterocycles. The molecule has 1 N–H and O–H groups in total. The highest BCUT2D eigenvalue weighted by Gasteiger charge is 1.80. The van der Waals surface area contributed by atoms with Crippen LogP contribution < -0.4 is 0 Å². The van der Waals surface area contributed by atoms with Gasteiger partial charge in [0.1, 0.15) is 5.78 Å². The van der Waals surface area contributed by atoms with E-state index in [1.165, 1.54) is 46.0 Å². The van der Waals surface area contributed by atoms with E-state index in [9.17, 15) is 4.79 Å². The third kappa shape index (κ3) is 165. The van der Waals surface area contributed by atoms with Gasteiger partial charge >= 0.3 is 0 Å². The molecule has 0 aliphatic heterocycles. The third-order valence-corrected chi connectivity index (χ3v) is 1.21. The summed E-state index contributed by atoms with van der Waals surface area (Å²) in [5, 5.41) is 7.42. The minimum absolute atomic E-state index is 0.167. The first-order valence-corrected chi connectivity index (χ1v) is 5.55. The highest BCUT2D eigenvalue weighted by Crippen LogP contribution is 2.00. The minimum Gasteiger partial charge on any atom is -0.481 e. The van der Waals surface area contributed by atoms with Crippen LogP contribution in [-0.2, 0) is 9.59 Å². The second-order valence-electron chi connectivity index (χ2n) is 3.49. The SMILES string of the molecule is CC(=O)O.CC(C)=O.CCCCCCC. The van der Waals surface area contributed by atoms with E-state index in [-0.39, 0.29) is 5.78 Å². The standard InChI is InChI=1S/C7H16.C3H6O.C2H4O2/c1-3-5-7-6-4-2;1-3(2)4;1-2(3)4/h3-7H2,1-2H3;1-2H3;1H3,(H,3,4). The molecule has 0 aromatic heterocycles. The molecule has 0 aliphatic rings. The van der Waals surface area contributed by atoms with Crippen molar-refractivity contribution in [2.45, 2.75) is 66.7 Å². The second kappa shape index (κ2) is 18.8. The molecule has 0 saturated carbocycles. The van der Waals surface area contributed by atoms with Crippen molar-refractivity contribution >= 4 is 11.8 Å². The molecule has 0 atom stereocenters. The maximum Gasteiger partial charge on any atom is 0.300 e. The van der Waals surface area contributed by atoms with Crippen molar-refractivity contribution in [3.05, 3.63) is 0 Å². The number of hydrogen-bond acceptors (Lipinski definition) is 2. The van der Waals surface area contributed by atoms with Crippen LogP contribution in [0.5, 0.6) is 0 Å². The van der Waals surface area contributed by atoms with Gasteiger partial charge in [-0.15, -0.1) is 0 Å². The molecule has 15 heavy (non-hydrogen) atoms. The van der Waals surface area contributed by atoms with E-state index < -0.39 is 5.97 Å². The summed E-state index contributed by atoms with van der Waals surface area (Å²) >= 11 is 0. The molecule has 0 aromatic carbocycles. The molecule has 3 heteroatoms. The summed E-state index contributed by atoms with van der Waals surface area (Å²) in [7, 11) is 0. The number of Topliss-reactive ketones (excluding diaryl/α,β-unsaturated/α-hetero) is 1. The normalized spacial score (nSPS) is 7.80. The summed E-state index contributed by atoms with van der Waals surface area (Å²) in [6.45, 7) is 8.63. The summed E-state index contributed by atoms with van der Waals surface area (Å²) < 4.78 is 0. The molecule has 0 spiro atoms. The van der Waals surface area contributed by atoms with Crippen molar-refractivity contribution in [1.29, 1.82) is 0 Å². The molecular formula is C12H26O3. The van der Waals surface area contributed by atoms with Gasteiger partial charge in [0.25, 0.3) is 5.97 Å². The van der Waals surface area contributed by atoms with Crippen molar-refractivity contribution < 1.29 is 14.7 Å². The van der Waals surface area contributed by atoms with Crippen LogP contribution in [0.4, 0.5) is 0 Å². The van der Waals surface area contributed by atoms with Crippen LogP contribution >= 0.6 is 0 Å². The molecule has 0 unspecified atom stereocenters. The maximum atomic E-state index is 9.44. The molecule has 0 fully saturated rings. The number of carbonyl (C=O) groups excluding carboxylic acids is 1. The van der Waals surface area contributed by atoms with Crippen LogP contribution in [0.25, 0.3) is 0 Å². The highest BCUT2D eigenvalue weighted by molar-refractivity contribution is 5.72. The summed E-state index contributed by atoms with van der Waals surface area (Å²) in [6.07, 6.45) is 7.01. The number of carboxylic acids is 1. The smallest absolute Gasteiger partial charge is 0.300 e. The topological polar surface area (TPSA) is 54.4 Å². The van der Waals surface area contributed by atoms with Crippen LogP contribution in [0, 0.1) is 0 Å². The van der Waals surface area contributed by atoms with Gasteiger partial charge in [-0.1, -0.05) is 46.0 Å². The van der Waals surface area contributed by atoms with E-state index >= 15 is 0 Å². The fraction of sp³-hybridized carbons (Fsp3) is 0.833. The molecular weight excluding hydrogens is 192 g/mol. The van der Waals surface area contributed by atoms with E-state index in [1.807, 2.05) is 0 Å². The first kappa shape index (κ1) is 19.7. The Morgan fingerprint density at radius 3 is 1.20 bits per heavy atom. The Morgan fingerprint density at radius 2 is 1.07 bits per heavy atom. The molecule has 0 rings (SSSR count).